The van der Waals surface area contributed by atoms with Crippen LogP contribution in [0.5, 0.6) is 0 Å². The van der Waals surface area contributed by atoms with Crippen molar-refractivity contribution >= 4 is 46.2 Å². The lowest BCUT2D eigenvalue weighted by atomic mass is 9.99. The van der Waals surface area contributed by atoms with Crippen LogP contribution in [0.3, 0.4) is 0 Å². The molecule has 2 aliphatic heterocycles. The summed E-state index contributed by atoms with van der Waals surface area (Å²) in [7, 11) is 0. The molecular weight excluding hydrogens is 456 g/mol. The molecule has 2 heterocycles. The third-order valence-corrected chi connectivity index (χ3v) is 6.26. The molecule has 0 radical (unpaired) electrons. The zero-order valence-electron chi connectivity index (χ0n) is 19.4. The van der Waals surface area contributed by atoms with E-state index in [1.165, 1.54) is 12.1 Å². The van der Waals surface area contributed by atoms with Gasteiger partial charge in [0.2, 0.25) is 5.91 Å². The minimum Gasteiger partial charge on any atom is -0.354 e. The summed E-state index contributed by atoms with van der Waals surface area (Å²) in [4.78, 5) is 37.5. The number of benzene rings is 3. The first-order valence-corrected chi connectivity index (χ1v) is 11.7. The maximum atomic E-state index is 13.0. The maximum absolute atomic E-state index is 13.0. The van der Waals surface area contributed by atoms with Crippen molar-refractivity contribution < 1.29 is 14.5 Å². The van der Waals surface area contributed by atoms with Gasteiger partial charge in [0.1, 0.15) is 0 Å². The number of hydrogen-bond acceptors (Lipinski definition) is 5. The molecule has 0 saturated carbocycles. The Hall–Kier alpha value is -4.72. The van der Waals surface area contributed by atoms with Crippen LogP contribution in [-0.4, -0.2) is 34.7 Å². The summed E-state index contributed by atoms with van der Waals surface area (Å²) in [5, 5.41) is 17.5. The van der Waals surface area contributed by atoms with Gasteiger partial charge in [-0.1, -0.05) is 54.6 Å². The molecule has 5 rings (SSSR count). The molecule has 0 aliphatic carbocycles. The molecule has 0 spiro atoms. The normalized spacial score (nSPS) is 16.3. The highest BCUT2D eigenvalue weighted by atomic mass is 16.6. The minimum absolute atomic E-state index is 0.0815. The van der Waals surface area contributed by atoms with Gasteiger partial charge >= 0.3 is 0 Å². The summed E-state index contributed by atoms with van der Waals surface area (Å²) in [6.45, 7) is 1.41. The van der Waals surface area contributed by atoms with Crippen LogP contribution in [0.1, 0.15) is 29.5 Å². The fourth-order valence-electron chi connectivity index (χ4n) is 4.44. The maximum Gasteiger partial charge on any atom is 0.270 e. The SMILES string of the molecule is O=C1Nc2ccc([N+](=O)[O-])cc2/C1=C(/Nc1ccc(/C=C\CN2CCCC2=O)cc1)c1ccccc1. The van der Waals surface area contributed by atoms with Crippen molar-refractivity contribution in [2.45, 2.75) is 12.8 Å². The Morgan fingerprint density at radius 1 is 1.06 bits per heavy atom. The molecule has 8 nitrogen and oxygen atoms in total. The van der Waals surface area contributed by atoms with E-state index in [1.54, 1.807) is 6.07 Å². The molecule has 0 aromatic heterocycles. The molecule has 0 bridgehead atoms. The first-order chi connectivity index (χ1) is 17.5. The van der Waals surface area contributed by atoms with Gasteiger partial charge in [0.15, 0.2) is 0 Å². The average molecular weight is 481 g/mol. The van der Waals surface area contributed by atoms with Crippen molar-refractivity contribution in [3.8, 4) is 0 Å². The van der Waals surface area contributed by atoms with E-state index in [1.807, 2.05) is 71.6 Å². The zero-order chi connectivity index (χ0) is 25.1. The summed E-state index contributed by atoms with van der Waals surface area (Å²) >= 11 is 0. The van der Waals surface area contributed by atoms with Gasteiger partial charge in [-0.15, -0.1) is 0 Å². The van der Waals surface area contributed by atoms with Crippen LogP contribution in [0.25, 0.3) is 17.3 Å². The van der Waals surface area contributed by atoms with Crippen molar-refractivity contribution in [1.82, 2.24) is 4.90 Å². The fourth-order valence-corrected chi connectivity index (χ4v) is 4.44. The molecule has 8 heteroatoms. The highest BCUT2D eigenvalue weighted by molar-refractivity contribution is 6.37. The number of anilines is 2. The van der Waals surface area contributed by atoms with Crippen LogP contribution < -0.4 is 10.6 Å². The topological polar surface area (TPSA) is 105 Å². The van der Waals surface area contributed by atoms with E-state index in [2.05, 4.69) is 10.6 Å². The number of nitrogens with one attached hydrogen (secondary N) is 2. The number of carbonyl (C=O) groups is 2. The molecule has 3 aromatic rings. The Morgan fingerprint density at radius 2 is 1.83 bits per heavy atom. The number of carbonyl (C=O) groups excluding carboxylic acids is 2. The van der Waals surface area contributed by atoms with Crippen molar-refractivity contribution in [2.24, 2.45) is 0 Å². The van der Waals surface area contributed by atoms with Gasteiger partial charge in [-0.05, 0) is 35.7 Å². The highest BCUT2D eigenvalue weighted by Crippen LogP contribution is 2.39. The fraction of sp³-hybridized carbons (Fsp3) is 0.143. The van der Waals surface area contributed by atoms with Gasteiger partial charge in [0.25, 0.3) is 11.6 Å². The van der Waals surface area contributed by atoms with Gasteiger partial charge in [-0.2, -0.15) is 0 Å². The number of nitro benzene ring substituents is 1. The number of nitro groups is 1. The van der Waals surface area contributed by atoms with Crippen LogP contribution in [-0.2, 0) is 9.59 Å². The standard InChI is InChI=1S/C28H24N4O4/c33-25-9-5-17-31(25)16-4-6-19-10-12-21(13-11-19)29-27(20-7-2-1-3-8-20)26-23-18-22(32(35)36)14-15-24(23)30-28(26)34/h1-4,6-8,10-15,18,29H,5,9,16-17H2,(H,30,34)/b6-4-,27-26-. The van der Waals surface area contributed by atoms with Gasteiger partial charge in [-0.25, -0.2) is 0 Å². The second kappa shape index (κ2) is 9.87. The van der Waals surface area contributed by atoms with Crippen molar-refractivity contribution in [2.75, 3.05) is 23.7 Å². The van der Waals surface area contributed by atoms with Crippen molar-refractivity contribution in [3.05, 3.63) is 106 Å². The lowest BCUT2D eigenvalue weighted by molar-refractivity contribution is -0.384. The molecule has 2 N–H and O–H groups in total. The van der Waals surface area contributed by atoms with E-state index in [-0.39, 0.29) is 17.5 Å². The van der Waals surface area contributed by atoms with Crippen molar-refractivity contribution in [3.63, 3.8) is 0 Å². The number of hydrogen-bond donors (Lipinski definition) is 2. The Morgan fingerprint density at radius 3 is 2.53 bits per heavy atom. The third-order valence-electron chi connectivity index (χ3n) is 6.26. The van der Waals surface area contributed by atoms with Gasteiger partial charge in [-0.3, -0.25) is 19.7 Å². The van der Waals surface area contributed by atoms with Crippen LogP contribution in [0, 0.1) is 10.1 Å². The van der Waals surface area contributed by atoms with E-state index in [0.717, 1.165) is 29.8 Å². The predicted molar refractivity (Wildman–Crippen MR) is 140 cm³/mol. The number of rotatable bonds is 7. The zero-order valence-corrected chi connectivity index (χ0v) is 19.4. The lowest BCUT2D eigenvalue weighted by Gasteiger charge is -2.15. The monoisotopic (exact) mass is 480 g/mol. The molecule has 0 unspecified atom stereocenters. The second-order valence-electron chi connectivity index (χ2n) is 8.65. The second-order valence-corrected chi connectivity index (χ2v) is 8.65. The quantitative estimate of drug-likeness (QED) is 0.276. The molecule has 180 valence electrons. The number of non-ortho nitro benzene ring substituents is 1. The van der Waals surface area contributed by atoms with Gasteiger partial charge in [0.05, 0.1) is 16.2 Å². The number of nitrogens with zero attached hydrogens (tertiary/aromatic N) is 2. The smallest absolute Gasteiger partial charge is 0.270 e. The Kier molecular flexibility index (Phi) is 6.32. The average Bonchev–Trinajstić information content (AvgIpc) is 3.45. The summed E-state index contributed by atoms with van der Waals surface area (Å²) in [6, 6.07) is 21.5. The molecule has 1 saturated heterocycles. The first-order valence-electron chi connectivity index (χ1n) is 11.7. The van der Waals surface area contributed by atoms with E-state index in [4.69, 9.17) is 0 Å². The molecule has 2 amide bonds. The Bertz CT molecular complexity index is 1390. The predicted octanol–water partition coefficient (Wildman–Crippen LogP) is 5.16. The van der Waals surface area contributed by atoms with Crippen LogP contribution in [0.2, 0.25) is 0 Å². The highest BCUT2D eigenvalue weighted by Gasteiger charge is 2.30. The van der Waals surface area contributed by atoms with E-state index >= 15 is 0 Å². The van der Waals surface area contributed by atoms with E-state index in [9.17, 15) is 19.7 Å². The van der Waals surface area contributed by atoms with E-state index in [0.29, 0.717) is 35.5 Å². The lowest BCUT2D eigenvalue weighted by Crippen LogP contribution is -2.24. The Balaban J connectivity index is 1.45. The number of amides is 2. The summed E-state index contributed by atoms with van der Waals surface area (Å²) in [6.07, 6.45) is 5.51. The molecule has 3 aromatic carbocycles. The van der Waals surface area contributed by atoms with Crippen LogP contribution >= 0.6 is 0 Å². The minimum atomic E-state index is -0.470. The molecule has 1 fully saturated rings. The molecule has 36 heavy (non-hydrogen) atoms. The number of fused-ring (bicyclic) bond motifs is 1. The summed E-state index contributed by atoms with van der Waals surface area (Å²) in [5.41, 5.74) is 4.37. The van der Waals surface area contributed by atoms with Gasteiger partial charge in [0, 0.05) is 48.6 Å². The number of likely N-dealkylation sites (tertiary alicyclic amines) is 1. The summed E-state index contributed by atoms with van der Waals surface area (Å²) < 4.78 is 0. The Labute approximate surface area is 208 Å². The summed E-state index contributed by atoms with van der Waals surface area (Å²) in [5.74, 6) is -0.128. The van der Waals surface area contributed by atoms with Crippen LogP contribution in [0.15, 0.2) is 78.9 Å². The first kappa shape index (κ1) is 23.0. The van der Waals surface area contributed by atoms with E-state index < -0.39 is 4.92 Å². The molecule has 0 atom stereocenters. The van der Waals surface area contributed by atoms with Gasteiger partial charge < -0.3 is 15.5 Å². The van der Waals surface area contributed by atoms with Crippen LogP contribution in [0.4, 0.5) is 17.1 Å². The largest absolute Gasteiger partial charge is 0.354 e. The van der Waals surface area contributed by atoms with Crippen molar-refractivity contribution in [1.29, 1.82) is 0 Å². The molecular formula is C28H24N4O4. The molecule has 2 aliphatic rings. The third kappa shape index (κ3) is 4.74.